The fourth-order valence-electron chi connectivity index (χ4n) is 2.44. The standard InChI is InChI=1S/C16H23ClN4O2/c1-19(2)9-3-8-18-15(22)12-20-10-11-21(16(20)23)14-6-4-13(17)5-7-14/h4-7H,3,8-12H2,1-2H3,(H,18,22). The number of carbonyl (C=O) groups is 2. The molecule has 1 aromatic carbocycles. The van der Waals surface area contributed by atoms with Crippen molar-refractivity contribution in [3.63, 3.8) is 0 Å². The van der Waals surface area contributed by atoms with Crippen molar-refractivity contribution in [1.82, 2.24) is 15.1 Å². The van der Waals surface area contributed by atoms with Gasteiger partial charge in [-0.1, -0.05) is 11.6 Å². The van der Waals surface area contributed by atoms with Gasteiger partial charge in [0.1, 0.15) is 6.54 Å². The van der Waals surface area contributed by atoms with Gasteiger partial charge in [-0.2, -0.15) is 0 Å². The third-order valence-corrected chi connectivity index (χ3v) is 3.92. The van der Waals surface area contributed by atoms with Crippen LogP contribution in [0, 0.1) is 0 Å². The molecule has 3 amide bonds. The zero-order chi connectivity index (χ0) is 16.8. The predicted octanol–water partition coefficient (Wildman–Crippen LogP) is 1.65. The SMILES string of the molecule is CN(C)CCCNC(=O)CN1CCN(c2ccc(Cl)cc2)C1=O. The topological polar surface area (TPSA) is 55.9 Å². The molecule has 126 valence electrons. The zero-order valence-electron chi connectivity index (χ0n) is 13.6. The number of benzene rings is 1. The molecule has 0 saturated carbocycles. The second-order valence-corrected chi connectivity index (χ2v) is 6.28. The first-order chi connectivity index (χ1) is 11.0. The molecule has 0 bridgehead atoms. The van der Waals surface area contributed by atoms with Crippen LogP contribution < -0.4 is 10.2 Å². The van der Waals surface area contributed by atoms with Crippen LogP contribution in [-0.4, -0.2) is 68.6 Å². The Morgan fingerprint density at radius 3 is 2.61 bits per heavy atom. The Bertz CT molecular complexity index is 548. The summed E-state index contributed by atoms with van der Waals surface area (Å²) in [5.41, 5.74) is 0.799. The van der Waals surface area contributed by atoms with Crippen molar-refractivity contribution in [2.45, 2.75) is 6.42 Å². The molecule has 23 heavy (non-hydrogen) atoms. The van der Waals surface area contributed by atoms with Gasteiger partial charge in [0.2, 0.25) is 5.91 Å². The van der Waals surface area contributed by atoms with E-state index in [-0.39, 0.29) is 18.5 Å². The van der Waals surface area contributed by atoms with Crippen LogP contribution in [0.5, 0.6) is 0 Å². The molecule has 1 N–H and O–H groups in total. The number of nitrogens with one attached hydrogen (secondary N) is 1. The van der Waals surface area contributed by atoms with Gasteiger partial charge in [-0.15, -0.1) is 0 Å². The van der Waals surface area contributed by atoms with Crippen LogP contribution in [-0.2, 0) is 4.79 Å². The highest BCUT2D eigenvalue weighted by molar-refractivity contribution is 6.30. The van der Waals surface area contributed by atoms with Crippen molar-refractivity contribution < 1.29 is 9.59 Å². The maximum Gasteiger partial charge on any atom is 0.325 e. The molecular weight excluding hydrogens is 316 g/mol. The summed E-state index contributed by atoms with van der Waals surface area (Å²) in [6, 6.07) is 6.99. The fourth-order valence-corrected chi connectivity index (χ4v) is 2.57. The maximum atomic E-state index is 12.4. The first kappa shape index (κ1) is 17.6. The number of anilines is 1. The van der Waals surface area contributed by atoms with E-state index in [0.29, 0.717) is 24.7 Å². The monoisotopic (exact) mass is 338 g/mol. The Balaban J connectivity index is 1.80. The molecule has 1 aliphatic rings. The van der Waals surface area contributed by atoms with E-state index in [2.05, 4.69) is 10.2 Å². The summed E-state index contributed by atoms with van der Waals surface area (Å²) in [6.45, 7) is 2.78. The first-order valence-electron chi connectivity index (χ1n) is 7.71. The maximum absolute atomic E-state index is 12.4. The summed E-state index contributed by atoms with van der Waals surface area (Å²) in [5.74, 6) is -0.116. The zero-order valence-corrected chi connectivity index (χ0v) is 14.3. The van der Waals surface area contributed by atoms with Gasteiger partial charge in [-0.3, -0.25) is 9.69 Å². The number of hydrogen-bond donors (Lipinski definition) is 1. The molecule has 0 unspecified atom stereocenters. The minimum Gasteiger partial charge on any atom is -0.355 e. The highest BCUT2D eigenvalue weighted by Crippen LogP contribution is 2.22. The van der Waals surface area contributed by atoms with Crippen molar-refractivity contribution in [2.24, 2.45) is 0 Å². The lowest BCUT2D eigenvalue weighted by Crippen LogP contribution is -2.40. The third-order valence-electron chi connectivity index (χ3n) is 3.67. The van der Waals surface area contributed by atoms with Crippen LogP contribution in [0.4, 0.5) is 10.5 Å². The summed E-state index contributed by atoms with van der Waals surface area (Å²) in [6.07, 6.45) is 0.892. The molecule has 6 nitrogen and oxygen atoms in total. The van der Waals surface area contributed by atoms with Crippen LogP contribution in [0.15, 0.2) is 24.3 Å². The molecule has 1 saturated heterocycles. The first-order valence-corrected chi connectivity index (χ1v) is 8.08. The second-order valence-electron chi connectivity index (χ2n) is 5.84. The Labute approximate surface area is 142 Å². The predicted molar refractivity (Wildman–Crippen MR) is 91.9 cm³/mol. The number of rotatable bonds is 7. The van der Waals surface area contributed by atoms with Gasteiger partial charge >= 0.3 is 6.03 Å². The van der Waals surface area contributed by atoms with Crippen molar-refractivity contribution in [1.29, 1.82) is 0 Å². The average molecular weight is 339 g/mol. The summed E-state index contributed by atoms with van der Waals surface area (Å²) in [7, 11) is 3.99. The number of urea groups is 1. The van der Waals surface area contributed by atoms with E-state index in [4.69, 9.17) is 11.6 Å². The van der Waals surface area contributed by atoms with E-state index in [0.717, 1.165) is 18.7 Å². The number of nitrogens with zero attached hydrogens (tertiary/aromatic N) is 3. The average Bonchev–Trinajstić information content (AvgIpc) is 2.86. The van der Waals surface area contributed by atoms with Crippen LogP contribution in [0.3, 0.4) is 0 Å². The summed E-state index contributed by atoms with van der Waals surface area (Å²) in [4.78, 5) is 29.6. The van der Waals surface area contributed by atoms with Gasteiger partial charge in [0.25, 0.3) is 0 Å². The van der Waals surface area contributed by atoms with Crippen LogP contribution in [0.1, 0.15) is 6.42 Å². The minimum atomic E-state index is -0.143. The van der Waals surface area contributed by atoms with Crippen molar-refractivity contribution in [3.8, 4) is 0 Å². The van der Waals surface area contributed by atoms with E-state index >= 15 is 0 Å². The molecule has 1 aliphatic heterocycles. The molecule has 0 aliphatic carbocycles. The Kier molecular flexibility index (Phi) is 6.24. The van der Waals surface area contributed by atoms with E-state index in [1.54, 1.807) is 21.9 Å². The summed E-state index contributed by atoms with van der Waals surface area (Å²) >= 11 is 5.86. The summed E-state index contributed by atoms with van der Waals surface area (Å²) in [5, 5.41) is 3.49. The largest absolute Gasteiger partial charge is 0.355 e. The lowest BCUT2D eigenvalue weighted by atomic mass is 10.3. The third kappa shape index (κ3) is 5.11. The number of amides is 3. The Morgan fingerprint density at radius 1 is 1.26 bits per heavy atom. The van der Waals surface area contributed by atoms with Crippen molar-refractivity contribution >= 4 is 29.2 Å². The molecule has 0 atom stereocenters. The molecule has 0 spiro atoms. The van der Waals surface area contributed by atoms with E-state index in [9.17, 15) is 9.59 Å². The molecule has 1 aromatic rings. The lowest BCUT2D eigenvalue weighted by Gasteiger charge is -2.18. The molecule has 7 heteroatoms. The van der Waals surface area contributed by atoms with Gasteiger partial charge in [-0.25, -0.2) is 4.79 Å². The molecule has 1 fully saturated rings. The highest BCUT2D eigenvalue weighted by Gasteiger charge is 2.30. The van der Waals surface area contributed by atoms with Gasteiger partial charge in [0.05, 0.1) is 0 Å². The van der Waals surface area contributed by atoms with Crippen molar-refractivity contribution in [2.75, 3.05) is 51.7 Å². The molecule has 1 heterocycles. The van der Waals surface area contributed by atoms with E-state index in [1.165, 1.54) is 0 Å². The van der Waals surface area contributed by atoms with E-state index < -0.39 is 0 Å². The molecular formula is C16H23ClN4O2. The van der Waals surface area contributed by atoms with Crippen LogP contribution in [0.2, 0.25) is 5.02 Å². The van der Waals surface area contributed by atoms with Crippen molar-refractivity contribution in [3.05, 3.63) is 29.3 Å². The Hall–Kier alpha value is -1.79. The Morgan fingerprint density at radius 2 is 1.96 bits per heavy atom. The molecule has 0 aromatic heterocycles. The normalized spacial score (nSPS) is 14.7. The van der Waals surface area contributed by atoms with Gasteiger partial charge in [-0.05, 0) is 51.3 Å². The number of carbonyl (C=O) groups excluding carboxylic acids is 2. The van der Waals surface area contributed by atoms with Gasteiger partial charge in [0.15, 0.2) is 0 Å². The summed E-state index contributed by atoms with van der Waals surface area (Å²) < 4.78 is 0. The molecule has 0 radical (unpaired) electrons. The molecule has 2 rings (SSSR count). The van der Waals surface area contributed by atoms with Crippen LogP contribution in [0.25, 0.3) is 0 Å². The minimum absolute atomic E-state index is 0.102. The van der Waals surface area contributed by atoms with Crippen LogP contribution >= 0.6 is 11.6 Å². The number of halogens is 1. The smallest absolute Gasteiger partial charge is 0.325 e. The highest BCUT2D eigenvalue weighted by atomic mass is 35.5. The lowest BCUT2D eigenvalue weighted by molar-refractivity contribution is -0.121. The van der Waals surface area contributed by atoms with Gasteiger partial charge < -0.3 is 15.1 Å². The quantitative estimate of drug-likeness (QED) is 0.769. The van der Waals surface area contributed by atoms with Gasteiger partial charge in [0, 0.05) is 30.3 Å². The fraction of sp³-hybridized carbons (Fsp3) is 0.500. The second kappa shape index (κ2) is 8.17. The number of hydrogen-bond acceptors (Lipinski definition) is 3. The van der Waals surface area contributed by atoms with E-state index in [1.807, 2.05) is 26.2 Å².